The Morgan fingerprint density at radius 2 is 2.12 bits per heavy atom. The molecule has 94 valence electrons. The Balaban J connectivity index is 2.45. The average molecular weight is 235 g/mol. The fraction of sp³-hybridized carbons (Fsp3) is 0.538. The maximum absolute atomic E-state index is 11.6. The monoisotopic (exact) mass is 235 g/mol. The van der Waals surface area contributed by atoms with Gasteiger partial charge in [-0.2, -0.15) is 0 Å². The van der Waals surface area contributed by atoms with Crippen LogP contribution in [0.25, 0.3) is 0 Å². The van der Waals surface area contributed by atoms with E-state index >= 15 is 0 Å². The van der Waals surface area contributed by atoms with Gasteiger partial charge in [0.25, 0.3) is 0 Å². The van der Waals surface area contributed by atoms with Crippen molar-refractivity contribution >= 4 is 5.91 Å². The Morgan fingerprint density at radius 1 is 1.41 bits per heavy atom. The maximum Gasteiger partial charge on any atom is 0.226 e. The van der Waals surface area contributed by atoms with E-state index in [-0.39, 0.29) is 5.91 Å². The quantitative estimate of drug-likeness (QED) is 0.807. The average Bonchev–Trinajstić information content (AvgIpc) is 2.27. The van der Waals surface area contributed by atoms with Gasteiger partial charge >= 0.3 is 0 Å². The summed E-state index contributed by atoms with van der Waals surface area (Å²) >= 11 is 0. The number of aryl methyl sites for hydroxylation is 1. The van der Waals surface area contributed by atoms with Crippen molar-refractivity contribution in [2.45, 2.75) is 27.3 Å². The maximum atomic E-state index is 11.6. The molecule has 0 aliphatic heterocycles. The number of rotatable bonds is 5. The van der Waals surface area contributed by atoms with Crippen molar-refractivity contribution in [3.05, 3.63) is 29.6 Å². The SMILES string of the molecule is CNC(=O)C(C)(C)CNCc1cncc(C)c1. The van der Waals surface area contributed by atoms with Crippen molar-refractivity contribution < 1.29 is 4.79 Å². The summed E-state index contributed by atoms with van der Waals surface area (Å²) in [5.41, 5.74) is 1.89. The minimum Gasteiger partial charge on any atom is -0.359 e. The lowest BCUT2D eigenvalue weighted by Crippen LogP contribution is -2.41. The van der Waals surface area contributed by atoms with E-state index in [0.29, 0.717) is 6.54 Å². The normalized spacial score (nSPS) is 11.3. The summed E-state index contributed by atoms with van der Waals surface area (Å²) in [6.07, 6.45) is 3.67. The highest BCUT2D eigenvalue weighted by Gasteiger charge is 2.25. The van der Waals surface area contributed by atoms with Gasteiger partial charge < -0.3 is 10.6 Å². The standard InChI is InChI=1S/C13H21N3O/c1-10-5-11(7-15-6-10)8-16-9-13(2,3)12(17)14-4/h5-7,16H,8-9H2,1-4H3,(H,14,17). The highest BCUT2D eigenvalue weighted by atomic mass is 16.2. The van der Waals surface area contributed by atoms with Gasteiger partial charge in [0.15, 0.2) is 0 Å². The molecule has 4 nitrogen and oxygen atoms in total. The largest absolute Gasteiger partial charge is 0.359 e. The molecule has 0 radical (unpaired) electrons. The molecular weight excluding hydrogens is 214 g/mol. The first kappa shape index (κ1) is 13.6. The molecule has 0 saturated heterocycles. The molecule has 4 heteroatoms. The molecule has 0 atom stereocenters. The van der Waals surface area contributed by atoms with Crippen molar-refractivity contribution in [2.75, 3.05) is 13.6 Å². The second-order valence-electron chi connectivity index (χ2n) is 4.94. The molecule has 0 aromatic carbocycles. The van der Waals surface area contributed by atoms with Crippen LogP contribution in [0.5, 0.6) is 0 Å². The number of pyridine rings is 1. The van der Waals surface area contributed by atoms with Crippen LogP contribution in [0.2, 0.25) is 0 Å². The fourth-order valence-corrected chi connectivity index (χ4v) is 1.65. The predicted molar refractivity (Wildman–Crippen MR) is 68.5 cm³/mol. The van der Waals surface area contributed by atoms with Gasteiger partial charge in [-0.1, -0.05) is 6.07 Å². The van der Waals surface area contributed by atoms with Gasteiger partial charge in [-0.15, -0.1) is 0 Å². The highest BCUT2D eigenvalue weighted by Crippen LogP contribution is 2.13. The molecule has 1 amide bonds. The molecule has 0 aliphatic rings. The summed E-state index contributed by atoms with van der Waals surface area (Å²) in [6.45, 7) is 7.24. The minimum atomic E-state index is -0.397. The van der Waals surface area contributed by atoms with Crippen LogP contribution >= 0.6 is 0 Å². The Kier molecular flexibility index (Phi) is 4.63. The minimum absolute atomic E-state index is 0.0485. The number of nitrogens with zero attached hydrogens (tertiary/aromatic N) is 1. The molecule has 17 heavy (non-hydrogen) atoms. The number of carbonyl (C=O) groups excluding carboxylic acids is 1. The first-order valence-corrected chi connectivity index (χ1v) is 5.79. The Bertz CT molecular complexity index is 388. The van der Waals surface area contributed by atoms with E-state index in [2.05, 4.69) is 21.7 Å². The molecule has 0 spiro atoms. The molecule has 1 heterocycles. The lowest BCUT2D eigenvalue weighted by Gasteiger charge is -2.22. The number of nitrogens with one attached hydrogen (secondary N) is 2. The second kappa shape index (κ2) is 5.77. The number of hydrogen-bond acceptors (Lipinski definition) is 3. The molecule has 2 N–H and O–H groups in total. The summed E-state index contributed by atoms with van der Waals surface area (Å²) < 4.78 is 0. The molecule has 0 aliphatic carbocycles. The number of carbonyl (C=O) groups is 1. The molecule has 1 aromatic rings. The molecule has 0 bridgehead atoms. The highest BCUT2D eigenvalue weighted by molar-refractivity contribution is 5.81. The first-order valence-electron chi connectivity index (χ1n) is 5.79. The van der Waals surface area contributed by atoms with Gasteiger partial charge in [-0.05, 0) is 31.9 Å². The molecule has 0 saturated carbocycles. The number of aromatic nitrogens is 1. The lowest BCUT2D eigenvalue weighted by molar-refractivity contribution is -0.128. The van der Waals surface area contributed by atoms with E-state index in [1.54, 1.807) is 7.05 Å². The lowest BCUT2D eigenvalue weighted by atomic mass is 9.92. The summed E-state index contributed by atoms with van der Waals surface area (Å²) in [6, 6.07) is 2.09. The van der Waals surface area contributed by atoms with E-state index in [9.17, 15) is 4.79 Å². The summed E-state index contributed by atoms with van der Waals surface area (Å²) in [5.74, 6) is 0.0485. The zero-order chi connectivity index (χ0) is 12.9. The zero-order valence-corrected chi connectivity index (χ0v) is 11.0. The van der Waals surface area contributed by atoms with Crippen molar-refractivity contribution in [1.29, 1.82) is 0 Å². The molecule has 1 rings (SSSR count). The Hall–Kier alpha value is -1.42. The van der Waals surface area contributed by atoms with Gasteiger partial charge in [-0.3, -0.25) is 9.78 Å². The zero-order valence-electron chi connectivity index (χ0n) is 11.0. The third-order valence-corrected chi connectivity index (χ3v) is 2.67. The van der Waals surface area contributed by atoms with Gasteiger partial charge in [0, 0.05) is 32.5 Å². The van der Waals surface area contributed by atoms with Gasteiger partial charge in [0.2, 0.25) is 5.91 Å². The smallest absolute Gasteiger partial charge is 0.226 e. The van der Waals surface area contributed by atoms with Crippen molar-refractivity contribution in [1.82, 2.24) is 15.6 Å². The second-order valence-corrected chi connectivity index (χ2v) is 4.94. The third kappa shape index (κ3) is 4.15. The van der Waals surface area contributed by atoms with E-state index in [0.717, 1.165) is 17.7 Å². The van der Waals surface area contributed by atoms with Crippen LogP contribution in [0, 0.1) is 12.3 Å². The summed E-state index contributed by atoms with van der Waals surface area (Å²) in [4.78, 5) is 15.7. The van der Waals surface area contributed by atoms with Gasteiger partial charge in [0.1, 0.15) is 0 Å². The van der Waals surface area contributed by atoms with Crippen molar-refractivity contribution in [2.24, 2.45) is 5.41 Å². The summed E-state index contributed by atoms with van der Waals surface area (Å²) in [7, 11) is 1.66. The predicted octanol–water partition coefficient (Wildman–Crippen LogP) is 1.25. The summed E-state index contributed by atoms with van der Waals surface area (Å²) in [5, 5.41) is 5.96. The first-order chi connectivity index (χ1) is 7.95. The molecule has 0 unspecified atom stereocenters. The van der Waals surface area contributed by atoms with Gasteiger partial charge in [0.05, 0.1) is 5.41 Å². The molecule has 0 fully saturated rings. The van der Waals surface area contributed by atoms with Crippen LogP contribution < -0.4 is 10.6 Å². The molecule has 1 aromatic heterocycles. The van der Waals surface area contributed by atoms with Crippen LogP contribution in [0.4, 0.5) is 0 Å². The van der Waals surface area contributed by atoms with Crippen LogP contribution in [-0.2, 0) is 11.3 Å². The van der Waals surface area contributed by atoms with Crippen LogP contribution in [0.3, 0.4) is 0 Å². The van der Waals surface area contributed by atoms with Crippen LogP contribution in [0.1, 0.15) is 25.0 Å². The van der Waals surface area contributed by atoms with Crippen LogP contribution in [-0.4, -0.2) is 24.5 Å². The number of amides is 1. The van der Waals surface area contributed by atoms with Crippen molar-refractivity contribution in [3.8, 4) is 0 Å². The van der Waals surface area contributed by atoms with E-state index in [4.69, 9.17) is 0 Å². The van der Waals surface area contributed by atoms with E-state index in [1.165, 1.54) is 0 Å². The fourth-order valence-electron chi connectivity index (χ4n) is 1.65. The van der Waals surface area contributed by atoms with Crippen LogP contribution in [0.15, 0.2) is 18.5 Å². The third-order valence-electron chi connectivity index (χ3n) is 2.67. The van der Waals surface area contributed by atoms with Gasteiger partial charge in [-0.25, -0.2) is 0 Å². The van der Waals surface area contributed by atoms with E-state index in [1.807, 2.05) is 33.2 Å². The molecular formula is C13H21N3O. The Labute approximate surface area is 103 Å². The Morgan fingerprint density at radius 3 is 2.71 bits per heavy atom. The van der Waals surface area contributed by atoms with E-state index < -0.39 is 5.41 Å². The topological polar surface area (TPSA) is 54.0 Å². The number of hydrogen-bond donors (Lipinski definition) is 2. The van der Waals surface area contributed by atoms with Crippen molar-refractivity contribution in [3.63, 3.8) is 0 Å².